The van der Waals surface area contributed by atoms with Crippen molar-refractivity contribution >= 4 is 16.7 Å². The minimum absolute atomic E-state index is 0.478. The number of nitrogens with zero attached hydrogens (tertiary/aromatic N) is 1. The van der Waals surface area contributed by atoms with E-state index >= 15 is 0 Å². The van der Waals surface area contributed by atoms with E-state index in [2.05, 4.69) is 4.98 Å². The number of rotatable bonds is 2. The van der Waals surface area contributed by atoms with Crippen LogP contribution in [0.1, 0.15) is 0 Å². The molecule has 0 fully saturated rings. The van der Waals surface area contributed by atoms with Gasteiger partial charge in [0.15, 0.2) is 0 Å². The van der Waals surface area contributed by atoms with E-state index < -0.39 is 0 Å². The highest BCUT2D eigenvalue weighted by Gasteiger charge is 2.06. The topological polar surface area (TPSA) is 57.4 Å². The molecule has 15 heavy (non-hydrogen) atoms. The second kappa shape index (κ2) is 3.65. The molecule has 78 valence electrons. The van der Waals surface area contributed by atoms with Crippen molar-refractivity contribution < 1.29 is 9.47 Å². The third-order valence-electron chi connectivity index (χ3n) is 2.21. The first-order chi connectivity index (χ1) is 7.24. The Morgan fingerprint density at radius 1 is 1.13 bits per heavy atom. The average Bonchev–Trinajstić information content (AvgIpc) is 2.27. The molecule has 0 spiro atoms. The van der Waals surface area contributed by atoms with Crippen LogP contribution in [-0.2, 0) is 0 Å². The minimum Gasteiger partial charge on any atom is -0.497 e. The van der Waals surface area contributed by atoms with Crippen LogP contribution in [0.5, 0.6) is 11.5 Å². The van der Waals surface area contributed by atoms with Gasteiger partial charge < -0.3 is 15.2 Å². The molecular weight excluding hydrogens is 192 g/mol. The Balaban J connectivity index is 2.75. The van der Waals surface area contributed by atoms with Crippen LogP contribution in [0.2, 0.25) is 0 Å². The van der Waals surface area contributed by atoms with Gasteiger partial charge >= 0.3 is 0 Å². The summed E-state index contributed by atoms with van der Waals surface area (Å²) >= 11 is 0. The number of benzene rings is 1. The smallest absolute Gasteiger partial charge is 0.148 e. The van der Waals surface area contributed by atoms with E-state index in [-0.39, 0.29) is 0 Å². The third-order valence-corrected chi connectivity index (χ3v) is 2.21. The molecule has 0 aliphatic rings. The van der Waals surface area contributed by atoms with E-state index in [0.29, 0.717) is 11.6 Å². The fraction of sp³-hybridized carbons (Fsp3) is 0.182. The maximum absolute atomic E-state index is 5.62. The zero-order valence-electron chi connectivity index (χ0n) is 8.65. The second-order valence-electron chi connectivity index (χ2n) is 3.14. The minimum atomic E-state index is 0.478. The van der Waals surface area contributed by atoms with Gasteiger partial charge in [-0.3, -0.25) is 0 Å². The van der Waals surface area contributed by atoms with E-state index in [1.807, 2.05) is 12.1 Å². The summed E-state index contributed by atoms with van der Waals surface area (Å²) in [6.45, 7) is 0. The molecule has 0 radical (unpaired) electrons. The van der Waals surface area contributed by atoms with Gasteiger partial charge in [0.05, 0.1) is 14.2 Å². The molecule has 0 aliphatic heterocycles. The van der Waals surface area contributed by atoms with Crippen LogP contribution in [0, 0.1) is 0 Å². The predicted octanol–water partition coefficient (Wildman–Crippen LogP) is 1.83. The molecular formula is C11H12N2O2. The monoisotopic (exact) mass is 204 g/mol. The molecule has 0 saturated heterocycles. The summed E-state index contributed by atoms with van der Waals surface area (Å²) in [5.41, 5.74) is 6.37. The van der Waals surface area contributed by atoms with Gasteiger partial charge in [0, 0.05) is 11.5 Å². The number of aromatic nitrogens is 1. The van der Waals surface area contributed by atoms with E-state index in [1.54, 1.807) is 26.4 Å². The fourth-order valence-electron chi connectivity index (χ4n) is 1.46. The summed E-state index contributed by atoms with van der Waals surface area (Å²) < 4.78 is 10.4. The van der Waals surface area contributed by atoms with Crippen LogP contribution in [0.4, 0.5) is 5.82 Å². The summed E-state index contributed by atoms with van der Waals surface area (Å²) in [6.07, 6.45) is 0. The zero-order valence-corrected chi connectivity index (χ0v) is 8.65. The summed E-state index contributed by atoms with van der Waals surface area (Å²) in [7, 11) is 3.21. The largest absolute Gasteiger partial charge is 0.497 e. The molecule has 0 saturated carbocycles. The molecule has 0 atom stereocenters. The molecule has 0 unspecified atom stereocenters. The number of nitrogens with two attached hydrogens (primary N) is 1. The lowest BCUT2D eigenvalue weighted by atomic mass is 10.2. The Morgan fingerprint density at radius 3 is 2.60 bits per heavy atom. The van der Waals surface area contributed by atoms with Crippen molar-refractivity contribution in [1.29, 1.82) is 0 Å². The molecule has 1 aromatic carbocycles. The predicted molar refractivity (Wildman–Crippen MR) is 59.3 cm³/mol. The van der Waals surface area contributed by atoms with Crippen molar-refractivity contribution in [1.82, 2.24) is 4.98 Å². The van der Waals surface area contributed by atoms with Crippen molar-refractivity contribution in [2.24, 2.45) is 0 Å². The molecule has 4 heteroatoms. The highest BCUT2D eigenvalue weighted by atomic mass is 16.5. The van der Waals surface area contributed by atoms with Gasteiger partial charge in [-0.05, 0) is 18.2 Å². The van der Waals surface area contributed by atoms with Crippen molar-refractivity contribution in [3.05, 3.63) is 24.3 Å². The van der Waals surface area contributed by atoms with Gasteiger partial charge in [-0.25, -0.2) is 4.98 Å². The SMILES string of the molecule is COc1cc(OC)c2nc(N)ccc2c1. The Morgan fingerprint density at radius 2 is 1.93 bits per heavy atom. The van der Waals surface area contributed by atoms with Gasteiger partial charge in [-0.15, -0.1) is 0 Å². The molecule has 1 heterocycles. The first-order valence-corrected chi connectivity index (χ1v) is 4.53. The van der Waals surface area contributed by atoms with Crippen molar-refractivity contribution in [2.75, 3.05) is 20.0 Å². The Kier molecular flexibility index (Phi) is 2.33. The van der Waals surface area contributed by atoms with Gasteiger partial charge in [-0.2, -0.15) is 0 Å². The number of hydrogen-bond donors (Lipinski definition) is 1. The maximum atomic E-state index is 5.62. The van der Waals surface area contributed by atoms with Crippen molar-refractivity contribution in [2.45, 2.75) is 0 Å². The molecule has 2 aromatic rings. The summed E-state index contributed by atoms with van der Waals surface area (Å²) in [6, 6.07) is 7.32. The Bertz CT molecular complexity index is 497. The zero-order chi connectivity index (χ0) is 10.8. The number of methoxy groups -OCH3 is 2. The summed E-state index contributed by atoms with van der Waals surface area (Å²) in [5.74, 6) is 1.88. The number of anilines is 1. The third kappa shape index (κ3) is 1.66. The average molecular weight is 204 g/mol. The normalized spacial score (nSPS) is 10.3. The number of pyridine rings is 1. The molecule has 2 N–H and O–H groups in total. The maximum Gasteiger partial charge on any atom is 0.148 e. The van der Waals surface area contributed by atoms with E-state index in [0.717, 1.165) is 16.7 Å². The summed E-state index contributed by atoms with van der Waals surface area (Å²) in [5, 5.41) is 0.945. The molecule has 2 rings (SSSR count). The standard InChI is InChI=1S/C11H12N2O2/c1-14-8-5-7-3-4-10(12)13-11(7)9(6-8)15-2/h3-6H,1-2H3,(H2,12,13). The number of hydrogen-bond acceptors (Lipinski definition) is 4. The number of ether oxygens (including phenoxy) is 2. The molecule has 0 amide bonds. The van der Waals surface area contributed by atoms with E-state index in [4.69, 9.17) is 15.2 Å². The van der Waals surface area contributed by atoms with Crippen molar-refractivity contribution in [3.63, 3.8) is 0 Å². The first-order valence-electron chi connectivity index (χ1n) is 4.53. The first kappa shape index (κ1) is 9.58. The van der Waals surface area contributed by atoms with Crippen LogP contribution in [0.15, 0.2) is 24.3 Å². The number of fused-ring (bicyclic) bond motifs is 1. The van der Waals surface area contributed by atoms with Gasteiger partial charge in [0.2, 0.25) is 0 Å². The van der Waals surface area contributed by atoms with E-state index in [9.17, 15) is 0 Å². The molecule has 4 nitrogen and oxygen atoms in total. The fourth-order valence-corrected chi connectivity index (χ4v) is 1.46. The van der Waals surface area contributed by atoms with Crippen LogP contribution in [0.25, 0.3) is 10.9 Å². The highest BCUT2D eigenvalue weighted by Crippen LogP contribution is 2.30. The highest BCUT2D eigenvalue weighted by molar-refractivity contribution is 5.87. The van der Waals surface area contributed by atoms with E-state index in [1.165, 1.54) is 0 Å². The Hall–Kier alpha value is -1.97. The molecule has 0 bridgehead atoms. The lowest BCUT2D eigenvalue weighted by Gasteiger charge is -2.08. The van der Waals surface area contributed by atoms with Crippen LogP contribution in [-0.4, -0.2) is 19.2 Å². The van der Waals surface area contributed by atoms with Crippen LogP contribution >= 0.6 is 0 Å². The number of nitrogen functional groups attached to an aromatic ring is 1. The lowest BCUT2D eigenvalue weighted by Crippen LogP contribution is -1.94. The lowest BCUT2D eigenvalue weighted by molar-refractivity contribution is 0.397. The van der Waals surface area contributed by atoms with Crippen LogP contribution < -0.4 is 15.2 Å². The quantitative estimate of drug-likeness (QED) is 0.810. The van der Waals surface area contributed by atoms with Gasteiger partial charge in [-0.1, -0.05) is 0 Å². The summed E-state index contributed by atoms with van der Waals surface area (Å²) in [4.78, 5) is 4.22. The Labute approximate surface area is 87.6 Å². The van der Waals surface area contributed by atoms with Crippen LogP contribution in [0.3, 0.4) is 0 Å². The van der Waals surface area contributed by atoms with Gasteiger partial charge in [0.25, 0.3) is 0 Å². The second-order valence-corrected chi connectivity index (χ2v) is 3.14. The van der Waals surface area contributed by atoms with Crippen molar-refractivity contribution in [3.8, 4) is 11.5 Å². The molecule has 1 aromatic heterocycles. The van der Waals surface area contributed by atoms with Gasteiger partial charge in [0.1, 0.15) is 22.8 Å². The molecule has 0 aliphatic carbocycles.